The molecule has 0 saturated heterocycles. The largest absolute Gasteiger partial charge is 0.497 e. The maximum atomic E-state index is 11.9. The average molecular weight is 328 g/mol. The molecule has 0 radical (unpaired) electrons. The molecule has 0 aliphatic rings. The summed E-state index contributed by atoms with van der Waals surface area (Å²) in [7, 11) is 1.63. The molecule has 0 unspecified atom stereocenters. The minimum Gasteiger partial charge on any atom is -0.497 e. The fourth-order valence-electron chi connectivity index (χ4n) is 2.08. The maximum Gasteiger partial charge on any atom is 0.239 e. The van der Waals surface area contributed by atoms with Gasteiger partial charge < -0.3 is 20.1 Å². The highest BCUT2D eigenvalue weighted by atomic mass is 16.5. The molecule has 0 aliphatic carbocycles. The van der Waals surface area contributed by atoms with Gasteiger partial charge in [0.25, 0.3) is 0 Å². The SMILES string of the molecule is CCCOc1ccc(NCC(=O)NCc2ccc(OC)cc2)cc1. The minimum atomic E-state index is -0.0582. The number of benzene rings is 2. The van der Waals surface area contributed by atoms with Crippen LogP contribution in [0.25, 0.3) is 0 Å². The standard InChI is InChI=1S/C19H24N2O3/c1-3-12-24-18-10-6-16(7-11-18)20-14-19(22)21-13-15-4-8-17(23-2)9-5-15/h4-11,20H,3,12-14H2,1-2H3,(H,21,22). The number of carbonyl (C=O) groups excluding carboxylic acids is 1. The number of ether oxygens (including phenoxy) is 2. The summed E-state index contributed by atoms with van der Waals surface area (Å²) >= 11 is 0. The molecule has 0 aromatic heterocycles. The minimum absolute atomic E-state index is 0.0582. The van der Waals surface area contributed by atoms with Gasteiger partial charge in [0.05, 0.1) is 20.3 Å². The second kappa shape index (κ2) is 9.45. The zero-order valence-electron chi connectivity index (χ0n) is 14.2. The summed E-state index contributed by atoms with van der Waals surface area (Å²) in [4.78, 5) is 11.9. The third-order valence-corrected chi connectivity index (χ3v) is 3.43. The molecule has 128 valence electrons. The Morgan fingerprint density at radius 1 is 1.00 bits per heavy atom. The molecular formula is C19H24N2O3. The van der Waals surface area contributed by atoms with Crippen molar-refractivity contribution in [1.29, 1.82) is 0 Å². The molecule has 1 amide bonds. The molecule has 0 heterocycles. The maximum absolute atomic E-state index is 11.9. The van der Waals surface area contributed by atoms with E-state index in [9.17, 15) is 4.79 Å². The lowest BCUT2D eigenvalue weighted by Gasteiger charge is -2.09. The third kappa shape index (κ3) is 5.83. The molecule has 5 nitrogen and oxygen atoms in total. The van der Waals surface area contributed by atoms with Crippen molar-refractivity contribution in [2.24, 2.45) is 0 Å². The predicted octanol–water partition coefficient (Wildman–Crippen LogP) is 3.21. The van der Waals surface area contributed by atoms with Crippen LogP contribution in [0.5, 0.6) is 11.5 Å². The number of hydrogen-bond donors (Lipinski definition) is 2. The van der Waals surface area contributed by atoms with Gasteiger partial charge in [-0.1, -0.05) is 19.1 Å². The molecule has 0 aliphatic heterocycles. The Hall–Kier alpha value is -2.69. The fourth-order valence-corrected chi connectivity index (χ4v) is 2.08. The fraction of sp³-hybridized carbons (Fsp3) is 0.316. The topological polar surface area (TPSA) is 59.6 Å². The van der Waals surface area contributed by atoms with Gasteiger partial charge >= 0.3 is 0 Å². The van der Waals surface area contributed by atoms with E-state index in [1.807, 2.05) is 48.5 Å². The van der Waals surface area contributed by atoms with Crippen molar-refractivity contribution >= 4 is 11.6 Å². The van der Waals surface area contributed by atoms with Gasteiger partial charge in [0, 0.05) is 12.2 Å². The van der Waals surface area contributed by atoms with E-state index in [1.54, 1.807) is 7.11 Å². The molecule has 0 bridgehead atoms. The van der Waals surface area contributed by atoms with Gasteiger partial charge in [-0.2, -0.15) is 0 Å². The smallest absolute Gasteiger partial charge is 0.239 e. The van der Waals surface area contributed by atoms with Crippen LogP contribution in [0.15, 0.2) is 48.5 Å². The van der Waals surface area contributed by atoms with Crippen molar-refractivity contribution in [3.63, 3.8) is 0 Å². The zero-order chi connectivity index (χ0) is 17.2. The highest BCUT2D eigenvalue weighted by molar-refractivity contribution is 5.80. The van der Waals surface area contributed by atoms with Gasteiger partial charge in [-0.15, -0.1) is 0 Å². The first kappa shape index (κ1) is 17.7. The van der Waals surface area contributed by atoms with Gasteiger partial charge in [0.15, 0.2) is 0 Å². The Balaban J connectivity index is 1.72. The molecule has 2 rings (SSSR count). The number of amides is 1. The molecule has 0 atom stereocenters. The van der Waals surface area contributed by atoms with Crippen LogP contribution in [0.3, 0.4) is 0 Å². The van der Waals surface area contributed by atoms with E-state index in [0.29, 0.717) is 13.2 Å². The molecule has 24 heavy (non-hydrogen) atoms. The summed E-state index contributed by atoms with van der Waals surface area (Å²) < 4.78 is 10.6. The van der Waals surface area contributed by atoms with E-state index >= 15 is 0 Å². The van der Waals surface area contributed by atoms with Crippen molar-refractivity contribution in [1.82, 2.24) is 5.32 Å². The molecule has 0 saturated carbocycles. The van der Waals surface area contributed by atoms with Crippen molar-refractivity contribution in [2.45, 2.75) is 19.9 Å². The molecule has 0 spiro atoms. The van der Waals surface area contributed by atoms with Gasteiger partial charge in [0.2, 0.25) is 5.91 Å². The second-order valence-corrected chi connectivity index (χ2v) is 5.35. The van der Waals surface area contributed by atoms with E-state index in [1.165, 1.54) is 0 Å². The molecule has 2 aromatic rings. The first-order chi connectivity index (χ1) is 11.7. The van der Waals surface area contributed by atoms with Crippen LogP contribution in [-0.4, -0.2) is 26.2 Å². The summed E-state index contributed by atoms with van der Waals surface area (Å²) in [5, 5.41) is 5.97. The van der Waals surface area contributed by atoms with E-state index < -0.39 is 0 Å². The van der Waals surface area contributed by atoms with Crippen molar-refractivity contribution < 1.29 is 14.3 Å². The Bertz CT molecular complexity index is 624. The van der Waals surface area contributed by atoms with Crippen LogP contribution in [-0.2, 0) is 11.3 Å². The van der Waals surface area contributed by atoms with Crippen LogP contribution >= 0.6 is 0 Å². The summed E-state index contributed by atoms with van der Waals surface area (Å²) in [5.74, 6) is 1.58. The summed E-state index contributed by atoms with van der Waals surface area (Å²) in [5.41, 5.74) is 1.92. The molecule has 2 N–H and O–H groups in total. The molecule has 5 heteroatoms. The lowest BCUT2D eigenvalue weighted by atomic mass is 10.2. The number of rotatable bonds is 9. The van der Waals surface area contributed by atoms with Crippen molar-refractivity contribution in [3.8, 4) is 11.5 Å². The van der Waals surface area contributed by atoms with Gasteiger partial charge in [-0.3, -0.25) is 4.79 Å². The highest BCUT2D eigenvalue weighted by Gasteiger charge is 2.02. The summed E-state index contributed by atoms with van der Waals surface area (Å²) in [6.45, 7) is 3.50. The monoisotopic (exact) mass is 328 g/mol. The van der Waals surface area contributed by atoms with Crippen LogP contribution < -0.4 is 20.1 Å². The van der Waals surface area contributed by atoms with Gasteiger partial charge in [-0.05, 0) is 48.4 Å². The lowest BCUT2D eigenvalue weighted by Crippen LogP contribution is -2.29. The van der Waals surface area contributed by atoms with E-state index in [4.69, 9.17) is 9.47 Å². The predicted molar refractivity (Wildman–Crippen MR) is 95.6 cm³/mol. The normalized spacial score (nSPS) is 10.1. The number of hydrogen-bond acceptors (Lipinski definition) is 4. The number of anilines is 1. The van der Waals surface area contributed by atoms with Gasteiger partial charge in [0.1, 0.15) is 11.5 Å². The van der Waals surface area contributed by atoms with Crippen molar-refractivity contribution in [2.75, 3.05) is 25.6 Å². The van der Waals surface area contributed by atoms with E-state index in [2.05, 4.69) is 17.6 Å². The van der Waals surface area contributed by atoms with Crippen LogP contribution in [0.2, 0.25) is 0 Å². The molecule has 0 fully saturated rings. The third-order valence-electron chi connectivity index (χ3n) is 3.43. The number of carbonyl (C=O) groups is 1. The second-order valence-electron chi connectivity index (χ2n) is 5.35. The van der Waals surface area contributed by atoms with E-state index in [-0.39, 0.29) is 12.5 Å². The number of nitrogens with one attached hydrogen (secondary N) is 2. The summed E-state index contributed by atoms with van der Waals surface area (Å²) in [6, 6.07) is 15.2. The van der Waals surface area contributed by atoms with Crippen LogP contribution in [0, 0.1) is 0 Å². The number of methoxy groups -OCH3 is 1. The Morgan fingerprint density at radius 3 is 2.29 bits per heavy atom. The highest BCUT2D eigenvalue weighted by Crippen LogP contribution is 2.15. The van der Waals surface area contributed by atoms with Crippen LogP contribution in [0.4, 0.5) is 5.69 Å². The Labute approximate surface area is 143 Å². The average Bonchev–Trinajstić information content (AvgIpc) is 2.64. The Morgan fingerprint density at radius 2 is 1.67 bits per heavy atom. The first-order valence-corrected chi connectivity index (χ1v) is 8.07. The van der Waals surface area contributed by atoms with Crippen LogP contribution in [0.1, 0.15) is 18.9 Å². The molecular weight excluding hydrogens is 304 g/mol. The summed E-state index contributed by atoms with van der Waals surface area (Å²) in [6.07, 6.45) is 0.981. The lowest BCUT2D eigenvalue weighted by molar-refractivity contribution is -0.119. The van der Waals surface area contributed by atoms with E-state index in [0.717, 1.165) is 29.2 Å². The molecule has 2 aromatic carbocycles. The Kier molecular flexibility index (Phi) is 6.95. The zero-order valence-corrected chi connectivity index (χ0v) is 14.2. The van der Waals surface area contributed by atoms with Crippen molar-refractivity contribution in [3.05, 3.63) is 54.1 Å². The quantitative estimate of drug-likeness (QED) is 0.742. The van der Waals surface area contributed by atoms with Gasteiger partial charge in [-0.25, -0.2) is 0 Å². The first-order valence-electron chi connectivity index (χ1n) is 8.07.